The maximum absolute atomic E-state index is 2.57. The normalized spacial score (nSPS) is 17.9. The van der Waals surface area contributed by atoms with Crippen molar-refractivity contribution in [2.75, 3.05) is 4.90 Å². The van der Waals surface area contributed by atoms with Crippen molar-refractivity contribution in [3.05, 3.63) is 252 Å². The quantitative estimate of drug-likeness (QED) is 0.164. The standard InChI is InChI=1S/C57H42N2/c1-2-12-39(13-3-1)40-24-30-45(31-25-40)59(46-32-26-42(27-33-46)41-22-28-44(29-23-41)58-37-36-43-14-4-11-21-56(43)58)47-34-35-51-50-17-7-10-20-54(50)57(55(51)38-47)52-18-8-5-15-48(52)49-16-6-9-19-53(49)57/h1-28,30-32,34-38,44,46H,29,33H2. The Balaban J connectivity index is 0.940. The van der Waals surface area contributed by atoms with Crippen molar-refractivity contribution in [1.29, 1.82) is 0 Å². The molecule has 1 heterocycles. The van der Waals surface area contributed by atoms with Crippen LogP contribution in [-0.4, -0.2) is 10.6 Å². The van der Waals surface area contributed by atoms with Crippen molar-refractivity contribution < 1.29 is 0 Å². The zero-order valence-electron chi connectivity index (χ0n) is 32.7. The molecule has 1 aromatic heterocycles. The first kappa shape index (κ1) is 33.9. The fourth-order valence-electron chi connectivity index (χ4n) is 10.6. The minimum Gasteiger partial charge on any atom is -0.340 e. The highest BCUT2D eigenvalue weighted by Crippen LogP contribution is 2.63. The van der Waals surface area contributed by atoms with E-state index in [4.69, 9.17) is 0 Å². The topological polar surface area (TPSA) is 8.17 Å². The fraction of sp³-hybridized carbons (Fsp3) is 0.0877. The SMILES string of the molecule is C1=CC(N(c2ccc(-c3ccccc3)cc2)c2ccc3c(c2)C2(c4ccccc4-c4ccccc42)c2ccccc2-3)CC=C1C1=CCC(n2ccc3ccccc32)C=C1. The van der Waals surface area contributed by atoms with E-state index in [0.717, 1.165) is 12.8 Å². The molecule has 0 saturated carbocycles. The van der Waals surface area contributed by atoms with Crippen LogP contribution in [0.3, 0.4) is 0 Å². The molecule has 0 saturated heterocycles. The van der Waals surface area contributed by atoms with Gasteiger partial charge in [0.15, 0.2) is 0 Å². The molecule has 8 aromatic rings. The van der Waals surface area contributed by atoms with Crippen molar-refractivity contribution in [3.8, 4) is 33.4 Å². The minimum atomic E-state index is -0.391. The van der Waals surface area contributed by atoms with Gasteiger partial charge >= 0.3 is 0 Å². The van der Waals surface area contributed by atoms with E-state index in [1.165, 1.54) is 89.1 Å². The molecule has 0 amide bonds. The first-order valence-electron chi connectivity index (χ1n) is 21.0. The van der Waals surface area contributed by atoms with Crippen LogP contribution >= 0.6 is 0 Å². The molecule has 2 nitrogen and oxygen atoms in total. The van der Waals surface area contributed by atoms with Crippen LogP contribution in [-0.2, 0) is 5.41 Å². The Kier molecular flexibility index (Phi) is 7.74. The average Bonchev–Trinajstić information content (AvgIpc) is 3.97. The smallest absolute Gasteiger partial charge is 0.0726 e. The van der Waals surface area contributed by atoms with E-state index >= 15 is 0 Å². The summed E-state index contributed by atoms with van der Waals surface area (Å²) in [7, 11) is 0. The second-order valence-electron chi connectivity index (χ2n) is 16.3. The van der Waals surface area contributed by atoms with Crippen LogP contribution in [0.1, 0.15) is 41.1 Å². The molecule has 0 fully saturated rings. The first-order chi connectivity index (χ1) is 29.3. The Labute approximate surface area is 346 Å². The summed E-state index contributed by atoms with van der Waals surface area (Å²) in [6.07, 6.45) is 18.5. The molecule has 280 valence electrons. The van der Waals surface area contributed by atoms with Crippen LogP contribution in [0.25, 0.3) is 44.3 Å². The molecular weight excluding hydrogens is 713 g/mol. The lowest BCUT2D eigenvalue weighted by molar-refractivity contribution is 0.627. The highest BCUT2D eigenvalue weighted by molar-refractivity contribution is 5.96. The van der Waals surface area contributed by atoms with Crippen molar-refractivity contribution in [2.45, 2.75) is 30.3 Å². The van der Waals surface area contributed by atoms with Gasteiger partial charge in [0.2, 0.25) is 0 Å². The van der Waals surface area contributed by atoms with E-state index in [2.05, 4.69) is 228 Å². The van der Waals surface area contributed by atoms with Gasteiger partial charge in [0.05, 0.1) is 17.5 Å². The summed E-state index contributed by atoms with van der Waals surface area (Å²) < 4.78 is 2.41. The second-order valence-corrected chi connectivity index (χ2v) is 16.3. The predicted molar refractivity (Wildman–Crippen MR) is 245 cm³/mol. The second kappa shape index (κ2) is 13.5. The predicted octanol–water partition coefficient (Wildman–Crippen LogP) is 14.2. The lowest BCUT2D eigenvalue weighted by Gasteiger charge is -2.35. The Bertz CT molecular complexity index is 3000. The van der Waals surface area contributed by atoms with Gasteiger partial charge in [0, 0.05) is 23.1 Å². The number of allylic oxidation sites excluding steroid dienone is 6. The molecular formula is C57H42N2. The van der Waals surface area contributed by atoms with E-state index in [-0.39, 0.29) is 6.04 Å². The van der Waals surface area contributed by atoms with Gasteiger partial charge in [-0.15, -0.1) is 0 Å². The van der Waals surface area contributed by atoms with Crippen LogP contribution in [0.4, 0.5) is 11.4 Å². The van der Waals surface area contributed by atoms with Gasteiger partial charge in [0.1, 0.15) is 0 Å². The Morgan fingerprint density at radius 1 is 0.458 bits per heavy atom. The summed E-state index contributed by atoms with van der Waals surface area (Å²) in [5, 5.41) is 1.29. The number of hydrogen-bond acceptors (Lipinski definition) is 1. The summed E-state index contributed by atoms with van der Waals surface area (Å²) in [5.41, 5.74) is 19.1. The Morgan fingerprint density at radius 3 is 1.66 bits per heavy atom. The highest BCUT2D eigenvalue weighted by Gasteiger charge is 2.51. The van der Waals surface area contributed by atoms with Gasteiger partial charge in [0.25, 0.3) is 0 Å². The van der Waals surface area contributed by atoms with E-state index in [9.17, 15) is 0 Å². The summed E-state index contributed by atoms with van der Waals surface area (Å²) >= 11 is 0. The molecule has 0 aliphatic heterocycles. The number of para-hydroxylation sites is 1. The summed E-state index contributed by atoms with van der Waals surface area (Å²) in [5.74, 6) is 0. The Hall–Kier alpha value is -7.16. The summed E-state index contributed by atoms with van der Waals surface area (Å²) in [6.45, 7) is 0. The number of rotatable bonds is 6. The molecule has 0 bridgehead atoms. The lowest BCUT2D eigenvalue weighted by Crippen LogP contribution is -2.31. The molecule has 4 aliphatic rings. The number of hydrogen-bond donors (Lipinski definition) is 0. The largest absolute Gasteiger partial charge is 0.340 e. The number of benzene rings is 7. The molecule has 12 rings (SSSR count). The third kappa shape index (κ3) is 5.19. The van der Waals surface area contributed by atoms with E-state index < -0.39 is 5.41 Å². The Morgan fingerprint density at radius 2 is 1.02 bits per heavy atom. The van der Waals surface area contributed by atoms with Crippen LogP contribution in [0.2, 0.25) is 0 Å². The summed E-state index contributed by atoms with van der Waals surface area (Å²) in [6, 6.07) is 65.7. The van der Waals surface area contributed by atoms with Gasteiger partial charge < -0.3 is 9.47 Å². The van der Waals surface area contributed by atoms with Gasteiger partial charge in [-0.25, -0.2) is 0 Å². The molecule has 2 atom stereocenters. The highest BCUT2D eigenvalue weighted by atomic mass is 15.2. The minimum absolute atomic E-state index is 0.134. The third-order valence-corrected chi connectivity index (χ3v) is 13.3. The molecule has 7 aromatic carbocycles. The molecule has 2 heteroatoms. The van der Waals surface area contributed by atoms with Crippen molar-refractivity contribution in [2.24, 2.45) is 0 Å². The van der Waals surface area contributed by atoms with E-state index in [0.29, 0.717) is 6.04 Å². The van der Waals surface area contributed by atoms with Crippen LogP contribution < -0.4 is 4.90 Å². The number of nitrogens with zero attached hydrogens (tertiary/aromatic N) is 2. The third-order valence-electron chi connectivity index (χ3n) is 13.3. The summed E-state index contributed by atoms with van der Waals surface area (Å²) in [4.78, 5) is 2.57. The molecule has 0 N–H and O–H groups in total. The lowest BCUT2D eigenvalue weighted by atomic mass is 9.70. The maximum Gasteiger partial charge on any atom is 0.0726 e. The molecule has 0 radical (unpaired) electrons. The van der Waals surface area contributed by atoms with E-state index in [1.807, 2.05) is 0 Å². The first-order valence-corrected chi connectivity index (χ1v) is 21.0. The zero-order valence-corrected chi connectivity index (χ0v) is 32.7. The van der Waals surface area contributed by atoms with Crippen LogP contribution in [0.15, 0.2) is 230 Å². The molecule has 2 unspecified atom stereocenters. The number of aromatic nitrogens is 1. The fourth-order valence-corrected chi connectivity index (χ4v) is 10.6. The number of fused-ring (bicyclic) bond motifs is 11. The molecule has 59 heavy (non-hydrogen) atoms. The van der Waals surface area contributed by atoms with Crippen molar-refractivity contribution in [1.82, 2.24) is 4.57 Å². The van der Waals surface area contributed by atoms with Gasteiger partial charge in [-0.2, -0.15) is 0 Å². The van der Waals surface area contributed by atoms with Gasteiger partial charge in [-0.1, -0.05) is 176 Å². The van der Waals surface area contributed by atoms with Crippen molar-refractivity contribution in [3.63, 3.8) is 0 Å². The zero-order chi connectivity index (χ0) is 38.9. The molecule has 4 aliphatic carbocycles. The van der Waals surface area contributed by atoms with Crippen LogP contribution in [0, 0.1) is 0 Å². The van der Waals surface area contributed by atoms with Gasteiger partial charge in [-0.05, 0) is 121 Å². The van der Waals surface area contributed by atoms with E-state index in [1.54, 1.807) is 0 Å². The van der Waals surface area contributed by atoms with Gasteiger partial charge in [-0.3, -0.25) is 0 Å². The van der Waals surface area contributed by atoms with Crippen molar-refractivity contribution >= 4 is 22.3 Å². The maximum atomic E-state index is 2.57. The van der Waals surface area contributed by atoms with Crippen LogP contribution in [0.5, 0.6) is 0 Å². The number of anilines is 2. The monoisotopic (exact) mass is 754 g/mol. The average molecular weight is 755 g/mol. The molecule has 1 spiro atoms.